The molecule has 0 bridgehead atoms. The maximum atomic E-state index is 5.65. The highest BCUT2D eigenvalue weighted by atomic mass is 16.5. The minimum Gasteiger partial charge on any atom is -0.494 e. The molecule has 2 rings (SSSR count). The fraction of sp³-hybridized carbons (Fsp3) is 0.286. The third kappa shape index (κ3) is 3.05. The van der Waals surface area contributed by atoms with Gasteiger partial charge in [0.1, 0.15) is 23.9 Å². The van der Waals surface area contributed by atoms with Gasteiger partial charge in [-0.2, -0.15) is 0 Å². The SMILES string of the molecule is CCOc1ccc(OCc2ccoc2CN)cc1. The molecule has 0 unspecified atom stereocenters. The van der Waals surface area contributed by atoms with Gasteiger partial charge in [-0.1, -0.05) is 0 Å². The molecule has 0 saturated carbocycles. The maximum absolute atomic E-state index is 5.65. The summed E-state index contributed by atoms with van der Waals surface area (Å²) in [5, 5.41) is 0. The third-order valence-electron chi connectivity index (χ3n) is 2.55. The van der Waals surface area contributed by atoms with Gasteiger partial charge in [-0.15, -0.1) is 0 Å². The quantitative estimate of drug-likeness (QED) is 0.852. The van der Waals surface area contributed by atoms with E-state index in [1.807, 2.05) is 37.3 Å². The van der Waals surface area contributed by atoms with Crippen LogP contribution in [0.2, 0.25) is 0 Å². The minimum absolute atomic E-state index is 0.384. The van der Waals surface area contributed by atoms with Crippen molar-refractivity contribution in [2.75, 3.05) is 6.61 Å². The van der Waals surface area contributed by atoms with Crippen molar-refractivity contribution in [2.45, 2.75) is 20.1 Å². The van der Waals surface area contributed by atoms with E-state index in [9.17, 15) is 0 Å². The van der Waals surface area contributed by atoms with Crippen molar-refractivity contribution < 1.29 is 13.9 Å². The first kappa shape index (κ1) is 12.5. The summed E-state index contributed by atoms with van der Waals surface area (Å²) in [6.45, 7) is 3.46. The van der Waals surface area contributed by atoms with E-state index < -0.39 is 0 Å². The van der Waals surface area contributed by atoms with Crippen LogP contribution >= 0.6 is 0 Å². The standard InChI is InChI=1S/C14H17NO3/c1-2-16-12-3-5-13(6-4-12)18-10-11-7-8-17-14(11)9-15/h3-8H,2,9-10,15H2,1H3. The number of hydrogen-bond donors (Lipinski definition) is 1. The van der Waals surface area contributed by atoms with E-state index in [1.54, 1.807) is 6.26 Å². The summed E-state index contributed by atoms with van der Waals surface area (Å²) in [5.74, 6) is 2.40. The van der Waals surface area contributed by atoms with Gasteiger partial charge >= 0.3 is 0 Å². The van der Waals surface area contributed by atoms with Crippen LogP contribution in [0.5, 0.6) is 11.5 Å². The first-order valence-corrected chi connectivity index (χ1v) is 5.94. The summed E-state index contributed by atoms with van der Waals surface area (Å²) in [5.41, 5.74) is 6.53. The molecule has 4 heteroatoms. The van der Waals surface area contributed by atoms with Crippen molar-refractivity contribution in [1.82, 2.24) is 0 Å². The zero-order valence-corrected chi connectivity index (χ0v) is 10.4. The summed E-state index contributed by atoms with van der Waals surface area (Å²) in [4.78, 5) is 0. The predicted molar refractivity (Wildman–Crippen MR) is 68.5 cm³/mol. The van der Waals surface area contributed by atoms with Crippen molar-refractivity contribution in [3.63, 3.8) is 0 Å². The lowest BCUT2D eigenvalue weighted by Crippen LogP contribution is -2.01. The largest absolute Gasteiger partial charge is 0.494 e. The van der Waals surface area contributed by atoms with E-state index in [2.05, 4.69) is 0 Å². The molecule has 0 atom stereocenters. The van der Waals surface area contributed by atoms with Gasteiger partial charge in [0.2, 0.25) is 0 Å². The van der Waals surface area contributed by atoms with Gasteiger partial charge in [-0.3, -0.25) is 0 Å². The molecular weight excluding hydrogens is 230 g/mol. The molecule has 4 nitrogen and oxygen atoms in total. The van der Waals surface area contributed by atoms with Crippen molar-refractivity contribution in [1.29, 1.82) is 0 Å². The number of ether oxygens (including phenoxy) is 2. The van der Waals surface area contributed by atoms with Crippen molar-refractivity contribution in [2.24, 2.45) is 5.73 Å². The predicted octanol–water partition coefficient (Wildman–Crippen LogP) is 2.72. The van der Waals surface area contributed by atoms with Gasteiger partial charge < -0.3 is 19.6 Å². The molecule has 0 aliphatic carbocycles. The van der Waals surface area contributed by atoms with Crippen LogP contribution in [0, 0.1) is 0 Å². The molecule has 0 aliphatic rings. The molecule has 2 N–H and O–H groups in total. The van der Waals surface area contributed by atoms with Crippen LogP contribution in [0.15, 0.2) is 41.0 Å². The molecule has 0 saturated heterocycles. The third-order valence-corrected chi connectivity index (χ3v) is 2.55. The molecule has 0 spiro atoms. The second-order valence-electron chi connectivity index (χ2n) is 3.77. The highest BCUT2D eigenvalue weighted by Crippen LogP contribution is 2.19. The minimum atomic E-state index is 0.384. The Kier molecular flexibility index (Phi) is 4.25. The molecule has 18 heavy (non-hydrogen) atoms. The fourth-order valence-corrected chi connectivity index (χ4v) is 1.63. The second-order valence-corrected chi connectivity index (χ2v) is 3.77. The number of benzene rings is 1. The molecular formula is C14H17NO3. The Morgan fingerprint density at radius 3 is 2.33 bits per heavy atom. The van der Waals surface area contributed by atoms with Crippen LogP contribution in [0.4, 0.5) is 0 Å². The number of furan rings is 1. The maximum Gasteiger partial charge on any atom is 0.123 e. The molecule has 0 radical (unpaired) electrons. The molecule has 2 aromatic rings. The Morgan fingerprint density at radius 2 is 1.72 bits per heavy atom. The molecule has 96 valence electrons. The summed E-state index contributed by atoms with van der Waals surface area (Å²) >= 11 is 0. The summed E-state index contributed by atoms with van der Waals surface area (Å²) in [7, 11) is 0. The summed E-state index contributed by atoms with van der Waals surface area (Å²) < 4.78 is 16.2. The molecule has 0 aliphatic heterocycles. The van der Waals surface area contributed by atoms with E-state index in [0.717, 1.165) is 22.8 Å². The van der Waals surface area contributed by atoms with Gasteiger partial charge in [0, 0.05) is 5.56 Å². The zero-order valence-electron chi connectivity index (χ0n) is 10.4. The van der Waals surface area contributed by atoms with Gasteiger partial charge in [0.05, 0.1) is 19.4 Å². The van der Waals surface area contributed by atoms with E-state index in [-0.39, 0.29) is 0 Å². The van der Waals surface area contributed by atoms with E-state index in [4.69, 9.17) is 19.6 Å². The van der Waals surface area contributed by atoms with E-state index in [0.29, 0.717) is 19.8 Å². The average Bonchev–Trinajstić information content (AvgIpc) is 2.86. The zero-order chi connectivity index (χ0) is 12.8. The average molecular weight is 247 g/mol. The van der Waals surface area contributed by atoms with Crippen molar-refractivity contribution in [3.8, 4) is 11.5 Å². The molecule has 1 heterocycles. The monoisotopic (exact) mass is 247 g/mol. The normalized spacial score (nSPS) is 10.3. The number of hydrogen-bond acceptors (Lipinski definition) is 4. The van der Waals surface area contributed by atoms with Gasteiger partial charge in [0.25, 0.3) is 0 Å². The van der Waals surface area contributed by atoms with Crippen molar-refractivity contribution in [3.05, 3.63) is 47.9 Å². The van der Waals surface area contributed by atoms with Crippen LogP contribution in [-0.2, 0) is 13.2 Å². The lowest BCUT2D eigenvalue weighted by atomic mass is 10.2. The highest BCUT2D eigenvalue weighted by Gasteiger charge is 2.05. The lowest BCUT2D eigenvalue weighted by Gasteiger charge is -2.07. The summed E-state index contributed by atoms with van der Waals surface area (Å²) in [6, 6.07) is 9.41. The highest BCUT2D eigenvalue weighted by molar-refractivity contribution is 5.31. The Morgan fingerprint density at radius 1 is 1.06 bits per heavy atom. The molecule has 0 fully saturated rings. The topological polar surface area (TPSA) is 57.6 Å². The Balaban J connectivity index is 1.94. The molecule has 1 aromatic carbocycles. The summed E-state index contributed by atoms with van der Waals surface area (Å²) in [6.07, 6.45) is 1.62. The van der Waals surface area contributed by atoms with Crippen LogP contribution in [0.1, 0.15) is 18.2 Å². The van der Waals surface area contributed by atoms with Crippen LogP contribution < -0.4 is 15.2 Å². The molecule has 0 amide bonds. The Hall–Kier alpha value is -1.94. The van der Waals surface area contributed by atoms with Gasteiger partial charge in [0.15, 0.2) is 0 Å². The Labute approximate surface area is 106 Å². The van der Waals surface area contributed by atoms with Crippen LogP contribution in [-0.4, -0.2) is 6.61 Å². The Bertz CT molecular complexity index is 476. The lowest BCUT2D eigenvalue weighted by molar-refractivity contribution is 0.300. The van der Waals surface area contributed by atoms with E-state index >= 15 is 0 Å². The first-order valence-electron chi connectivity index (χ1n) is 5.94. The van der Waals surface area contributed by atoms with E-state index in [1.165, 1.54) is 0 Å². The number of rotatable bonds is 6. The van der Waals surface area contributed by atoms with Crippen LogP contribution in [0.25, 0.3) is 0 Å². The van der Waals surface area contributed by atoms with Crippen molar-refractivity contribution >= 4 is 0 Å². The second kappa shape index (κ2) is 6.12. The first-order chi connectivity index (χ1) is 8.83. The fourth-order valence-electron chi connectivity index (χ4n) is 1.63. The smallest absolute Gasteiger partial charge is 0.123 e. The molecule has 1 aromatic heterocycles. The van der Waals surface area contributed by atoms with Gasteiger partial charge in [-0.05, 0) is 37.3 Å². The van der Waals surface area contributed by atoms with Gasteiger partial charge in [-0.25, -0.2) is 0 Å². The van der Waals surface area contributed by atoms with Crippen LogP contribution in [0.3, 0.4) is 0 Å². The number of nitrogens with two attached hydrogens (primary N) is 1.